The van der Waals surface area contributed by atoms with Crippen molar-refractivity contribution in [3.8, 4) is 0 Å². The maximum Gasteiger partial charge on any atom is 0.0730 e. The van der Waals surface area contributed by atoms with E-state index in [1.54, 1.807) is 0 Å². The van der Waals surface area contributed by atoms with Crippen LogP contribution < -0.4 is 5.32 Å². The summed E-state index contributed by atoms with van der Waals surface area (Å²) in [5.74, 6) is 0. The van der Waals surface area contributed by atoms with E-state index >= 15 is 0 Å². The van der Waals surface area contributed by atoms with Gasteiger partial charge in [-0.3, -0.25) is 4.98 Å². The Hall–Kier alpha value is -1.49. The third kappa shape index (κ3) is 3.00. The van der Waals surface area contributed by atoms with Gasteiger partial charge in [0.2, 0.25) is 0 Å². The third-order valence-corrected chi connectivity index (χ3v) is 2.35. The average molecular weight is 217 g/mol. The summed E-state index contributed by atoms with van der Waals surface area (Å²) < 4.78 is 0. The topological polar surface area (TPSA) is 48.4 Å². The zero-order chi connectivity index (χ0) is 11.2. The number of hydrogen-bond donors (Lipinski definition) is 2. The van der Waals surface area contributed by atoms with Crippen LogP contribution in [0.15, 0.2) is 42.6 Å². The molecule has 0 bridgehead atoms. The lowest BCUT2D eigenvalue weighted by atomic mass is 10.2. The number of hydroxylamine groups is 2. The van der Waals surface area contributed by atoms with Gasteiger partial charge in [-0.1, -0.05) is 24.3 Å². The molecule has 0 radical (unpaired) electrons. The van der Waals surface area contributed by atoms with Crippen LogP contribution in [0.4, 0.5) is 0 Å². The molecule has 4 heteroatoms. The Morgan fingerprint density at radius 1 is 1.19 bits per heavy atom. The van der Waals surface area contributed by atoms with Gasteiger partial charge in [0.05, 0.1) is 12.2 Å². The fraction of sp³-hybridized carbons (Fsp3) is 0.250. The maximum absolute atomic E-state index is 8.50. The molecule has 3 rings (SSSR count). The van der Waals surface area contributed by atoms with Gasteiger partial charge in [-0.2, -0.15) is 5.06 Å². The van der Waals surface area contributed by atoms with Gasteiger partial charge in [0.15, 0.2) is 0 Å². The molecule has 1 aliphatic heterocycles. The third-order valence-electron chi connectivity index (χ3n) is 2.35. The highest BCUT2D eigenvalue weighted by atomic mass is 16.5. The average Bonchev–Trinajstić information content (AvgIpc) is 2.81. The lowest BCUT2D eigenvalue weighted by molar-refractivity contribution is -0.0689. The maximum atomic E-state index is 8.50. The minimum atomic E-state index is 0.625. The van der Waals surface area contributed by atoms with Crippen molar-refractivity contribution in [3.05, 3.63) is 42.6 Å². The van der Waals surface area contributed by atoms with E-state index in [9.17, 15) is 0 Å². The molecule has 0 unspecified atom stereocenters. The molecular weight excluding hydrogens is 202 g/mol. The molecule has 2 N–H and O–H groups in total. The summed E-state index contributed by atoms with van der Waals surface area (Å²) in [6.45, 7) is 2.30. The predicted molar refractivity (Wildman–Crippen MR) is 63.1 cm³/mol. The summed E-state index contributed by atoms with van der Waals surface area (Å²) in [5, 5.41) is 13.9. The highest BCUT2D eigenvalue weighted by Gasteiger charge is 2.04. The van der Waals surface area contributed by atoms with Crippen molar-refractivity contribution in [1.29, 1.82) is 0 Å². The van der Waals surface area contributed by atoms with Crippen LogP contribution in [0, 0.1) is 0 Å². The van der Waals surface area contributed by atoms with Gasteiger partial charge >= 0.3 is 0 Å². The molecule has 0 aliphatic carbocycles. The van der Waals surface area contributed by atoms with E-state index in [4.69, 9.17) is 5.21 Å². The second-order valence-electron chi connectivity index (χ2n) is 3.58. The fourth-order valence-electron chi connectivity index (χ4n) is 1.51. The largest absolute Gasteiger partial charge is 0.313 e. The Balaban J connectivity index is 0.000000138. The molecule has 0 amide bonds. The Bertz CT molecular complexity index is 375. The molecule has 2 heterocycles. The predicted octanol–water partition coefficient (Wildman–Crippen LogP) is 1.47. The summed E-state index contributed by atoms with van der Waals surface area (Å²) in [6.07, 6.45) is 1.81. The van der Waals surface area contributed by atoms with Crippen LogP contribution in [0.5, 0.6) is 0 Å². The van der Waals surface area contributed by atoms with Crippen LogP contribution in [0.3, 0.4) is 0 Å². The van der Waals surface area contributed by atoms with Crippen molar-refractivity contribution < 1.29 is 5.21 Å². The van der Waals surface area contributed by atoms with Gasteiger partial charge in [0.1, 0.15) is 0 Å². The number of nitrogens with zero attached hydrogens (tertiary/aromatic N) is 2. The lowest BCUT2D eigenvalue weighted by Crippen LogP contribution is -2.16. The van der Waals surface area contributed by atoms with Crippen molar-refractivity contribution >= 4 is 10.9 Å². The first-order chi connectivity index (χ1) is 7.86. The number of hydrogen-bond acceptors (Lipinski definition) is 4. The monoisotopic (exact) mass is 217 g/mol. The number of benzene rings is 1. The zero-order valence-electron chi connectivity index (χ0n) is 9.00. The van der Waals surface area contributed by atoms with Crippen molar-refractivity contribution in [2.45, 2.75) is 0 Å². The lowest BCUT2D eigenvalue weighted by Gasteiger charge is -1.97. The van der Waals surface area contributed by atoms with Crippen molar-refractivity contribution in [2.75, 3.05) is 19.8 Å². The number of para-hydroxylation sites is 1. The van der Waals surface area contributed by atoms with Crippen LogP contribution in [0.2, 0.25) is 0 Å². The molecular formula is C12H15N3O. The minimum Gasteiger partial charge on any atom is -0.313 e. The summed E-state index contributed by atoms with van der Waals surface area (Å²) in [5.41, 5.74) is 1.06. The molecule has 2 aromatic rings. The van der Waals surface area contributed by atoms with Gasteiger partial charge in [-0.05, 0) is 12.1 Å². The number of pyridine rings is 1. The highest BCUT2D eigenvalue weighted by molar-refractivity contribution is 5.77. The van der Waals surface area contributed by atoms with E-state index in [0.29, 0.717) is 6.67 Å². The molecule has 0 saturated carbocycles. The van der Waals surface area contributed by atoms with Crippen LogP contribution in [-0.4, -0.2) is 35.0 Å². The number of fused-ring (bicyclic) bond motifs is 1. The summed E-state index contributed by atoms with van der Waals surface area (Å²) in [7, 11) is 0. The molecule has 16 heavy (non-hydrogen) atoms. The SMILES string of the molecule is ON1CCNC1.c1ccc2ncccc2c1. The molecule has 84 valence electrons. The second-order valence-corrected chi connectivity index (χ2v) is 3.58. The quantitative estimate of drug-likeness (QED) is 0.701. The van der Waals surface area contributed by atoms with Crippen molar-refractivity contribution in [2.24, 2.45) is 0 Å². The van der Waals surface area contributed by atoms with Gasteiger partial charge in [-0.15, -0.1) is 0 Å². The standard InChI is InChI=1S/C9H7N.C3H8N2O/c1-2-6-9-8(4-1)5-3-7-10-9;6-5-2-1-4-3-5/h1-7H;4,6H,1-3H2. The fourth-order valence-corrected chi connectivity index (χ4v) is 1.51. The van der Waals surface area contributed by atoms with E-state index < -0.39 is 0 Å². The zero-order valence-corrected chi connectivity index (χ0v) is 9.00. The molecule has 1 saturated heterocycles. The summed E-state index contributed by atoms with van der Waals surface area (Å²) in [4.78, 5) is 4.18. The van der Waals surface area contributed by atoms with Crippen molar-refractivity contribution in [1.82, 2.24) is 15.4 Å². The molecule has 1 aromatic heterocycles. The molecule has 1 aromatic carbocycles. The summed E-state index contributed by atoms with van der Waals surface area (Å²) in [6, 6.07) is 12.1. The summed E-state index contributed by atoms with van der Waals surface area (Å²) >= 11 is 0. The van der Waals surface area contributed by atoms with E-state index in [1.165, 1.54) is 10.4 Å². The first kappa shape index (κ1) is 11.0. The van der Waals surface area contributed by atoms with E-state index in [0.717, 1.165) is 18.6 Å². The van der Waals surface area contributed by atoms with Gasteiger partial charge in [-0.25, -0.2) is 0 Å². The number of rotatable bonds is 0. The molecule has 1 fully saturated rings. The van der Waals surface area contributed by atoms with Crippen LogP contribution in [0.25, 0.3) is 10.9 Å². The van der Waals surface area contributed by atoms with E-state index in [1.807, 2.05) is 30.5 Å². The van der Waals surface area contributed by atoms with Crippen molar-refractivity contribution in [3.63, 3.8) is 0 Å². The molecule has 0 spiro atoms. The highest BCUT2D eigenvalue weighted by Crippen LogP contribution is 2.07. The van der Waals surface area contributed by atoms with E-state index in [-0.39, 0.29) is 0 Å². The smallest absolute Gasteiger partial charge is 0.0730 e. The second kappa shape index (κ2) is 5.55. The number of aromatic nitrogens is 1. The minimum absolute atomic E-state index is 0.625. The van der Waals surface area contributed by atoms with Crippen LogP contribution in [-0.2, 0) is 0 Å². The van der Waals surface area contributed by atoms with Crippen LogP contribution in [0.1, 0.15) is 0 Å². The molecule has 1 aliphatic rings. The van der Waals surface area contributed by atoms with Crippen LogP contribution >= 0.6 is 0 Å². The van der Waals surface area contributed by atoms with E-state index in [2.05, 4.69) is 22.4 Å². The number of nitrogens with one attached hydrogen (secondary N) is 1. The first-order valence-corrected chi connectivity index (χ1v) is 5.30. The van der Waals surface area contributed by atoms with Gasteiger partial charge < -0.3 is 10.5 Å². The Labute approximate surface area is 94.5 Å². The normalized spacial score (nSPS) is 15.8. The van der Waals surface area contributed by atoms with Gasteiger partial charge in [0.25, 0.3) is 0 Å². The molecule has 4 nitrogen and oxygen atoms in total. The first-order valence-electron chi connectivity index (χ1n) is 5.30. The Kier molecular flexibility index (Phi) is 3.82. The molecule has 0 atom stereocenters. The Morgan fingerprint density at radius 2 is 2.00 bits per heavy atom. The van der Waals surface area contributed by atoms with Gasteiger partial charge in [0, 0.05) is 24.7 Å². The Morgan fingerprint density at radius 3 is 2.62 bits per heavy atom.